The van der Waals surface area contributed by atoms with Crippen LogP contribution < -0.4 is 0 Å². The van der Waals surface area contributed by atoms with Gasteiger partial charge in [0.2, 0.25) is 0 Å². The van der Waals surface area contributed by atoms with Crippen LogP contribution in [0.4, 0.5) is 35.1 Å². The van der Waals surface area contributed by atoms with E-state index in [-0.39, 0.29) is 28.2 Å². The Hall–Kier alpha value is -3.94. The van der Waals surface area contributed by atoms with E-state index in [0.717, 1.165) is 61.4 Å². The fraction of sp³-hybridized carbons (Fsp3) is 0.297. The first-order valence-corrected chi connectivity index (χ1v) is 15.2. The van der Waals surface area contributed by atoms with E-state index in [1.54, 1.807) is 6.07 Å². The van der Waals surface area contributed by atoms with Crippen LogP contribution in [0.25, 0.3) is 33.9 Å². The number of benzene rings is 4. The topological polar surface area (TPSA) is 0 Å². The summed E-state index contributed by atoms with van der Waals surface area (Å²) in [5, 5.41) is 0. The van der Waals surface area contributed by atoms with Crippen molar-refractivity contribution < 1.29 is 35.1 Å². The Morgan fingerprint density at radius 3 is 1.84 bits per heavy atom. The van der Waals surface area contributed by atoms with Gasteiger partial charge in [-0.25, -0.2) is 35.1 Å². The first-order valence-electron chi connectivity index (χ1n) is 15.2. The maximum absolute atomic E-state index is 15.2. The molecule has 45 heavy (non-hydrogen) atoms. The molecule has 0 unspecified atom stereocenters. The number of halogens is 8. The molecule has 5 rings (SSSR count). The van der Waals surface area contributed by atoms with Crippen LogP contribution in [0.5, 0.6) is 0 Å². The fourth-order valence-corrected chi connectivity index (χ4v) is 6.19. The van der Waals surface area contributed by atoms with E-state index >= 15 is 17.6 Å². The molecule has 0 atom stereocenters. The summed E-state index contributed by atoms with van der Waals surface area (Å²) in [6.45, 7) is 2.19. The van der Waals surface area contributed by atoms with E-state index < -0.39 is 57.7 Å². The molecule has 1 aliphatic carbocycles. The lowest BCUT2D eigenvalue weighted by Gasteiger charge is -2.29. The van der Waals surface area contributed by atoms with Crippen molar-refractivity contribution in [2.45, 2.75) is 64.2 Å². The molecule has 4 aromatic rings. The normalized spacial score (nSPS) is 17.4. The summed E-state index contributed by atoms with van der Waals surface area (Å²) in [6.07, 6.45) is 9.14. The third-order valence-electron chi connectivity index (χ3n) is 8.75. The Labute approximate surface area is 257 Å². The van der Waals surface area contributed by atoms with Crippen molar-refractivity contribution in [1.82, 2.24) is 0 Å². The van der Waals surface area contributed by atoms with E-state index in [9.17, 15) is 17.6 Å². The van der Waals surface area contributed by atoms with Crippen molar-refractivity contribution in [2.24, 2.45) is 5.92 Å². The average molecular weight is 629 g/mol. The standard InChI is InChI=1S/C37H32F8/c1-2-3-4-5-21-6-8-22(9-7-21)23-10-13-27(30(38)16-23)24-11-15-29(32(40)17-24)36(44)35(43)25-12-14-28(31(39)18-25)26-19-33(41)37(45)34(42)20-26/h10-22H,2-9H2,1H3. The van der Waals surface area contributed by atoms with E-state index in [0.29, 0.717) is 18.2 Å². The van der Waals surface area contributed by atoms with Crippen LogP contribution >= 0.6 is 0 Å². The van der Waals surface area contributed by atoms with E-state index in [2.05, 4.69) is 6.92 Å². The summed E-state index contributed by atoms with van der Waals surface area (Å²) in [5.41, 5.74) is -0.941. The molecule has 0 heterocycles. The lowest BCUT2D eigenvalue weighted by atomic mass is 9.77. The Balaban J connectivity index is 1.32. The maximum atomic E-state index is 15.2. The average Bonchev–Trinajstić information content (AvgIpc) is 3.03. The summed E-state index contributed by atoms with van der Waals surface area (Å²) in [6, 6.07) is 11.6. The van der Waals surface area contributed by atoms with Gasteiger partial charge >= 0.3 is 0 Å². The van der Waals surface area contributed by atoms with E-state index in [1.165, 1.54) is 37.8 Å². The minimum Gasteiger partial charge on any atom is -0.206 e. The summed E-state index contributed by atoms with van der Waals surface area (Å²) in [5.74, 6) is -9.91. The maximum Gasteiger partial charge on any atom is 0.194 e. The second-order valence-electron chi connectivity index (χ2n) is 11.7. The molecule has 1 saturated carbocycles. The molecule has 0 aliphatic heterocycles. The zero-order chi connectivity index (χ0) is 32.2. The van der Waals surface area contributed by atoms with Gasteiger partial charge in [-0.1, -0.05) is 62.9 Å². The fourth-order valence-electron chi connectivity index (χ4n) is 6.19. The van der Waals surface area contributed by atoms with Crippen LogP contribution in [-0.4, -0.2) is 0 Å². The SMILES string of the molecule is CCCCCC1CCC(c2ccc(-c3ccc(C(F)=C(F)c4ccc(-c5cc(F)c(F)c(F)c5)c(F)c4)c(F)c3)c(F)c2)CC1. The van der Waals surface area contributed by atoms with Gasteiger partial charge in [-0.2, -0.15) is 0 Å². The van der Waals surface area contributed by atoms with Crippen LogP contribution in [0.3, 0.4) is 0 Å². The highest BCUT2D eigenvalue weighted by molar-refractivity contribution is 5.85. The molecular weight excluding hydrogens is 596 g/mol. The van der Waals surface area contributed by atoms with Gasteiger partial charge in [-0.15, -0.1) is 0 Å². The Bertz CT molecular complexity index is 1690. The molecule has 1 aliphatic rings. The predicted molar refractivity (Wildman–Crippen MR) is 161 cm³/mol. The van der Waals surface area contributed by atoms with Gasteiger partial charge in [0, 0.05) is 22.3 Å². The summed E-state index contributed by atoms with van der Waals surface area (Å²) in [4.78, 5) is 0. The van der Waals surface area contributed by atoms with Gasteiger partial charge in [0.25, 0.3) is 0 Å². The molecule has 1 fully saturated rings. The van der Waals surface area contributed by atoms with Gasteiger partial charge in [0.05, 0.1) is 0 Å². The number of rotatable bonds is 9. The molecule has 236 valence electrons. The van der Waals surface area contributed by atoms with Crippen LogP contribution in [0.2, 0.25) is 0 Å². The van der Waals surface area contributed by atoms with Crippen molar-refractivity contribution in [3.05, 3.63) is 118 Å². The Kier molecular flexibility index (Phi) is 10.1. The first kappa shape index (κ1) is 32.5. The van der Waals surface area contributed by atoms with Crippen molar-refractivity contribution in [3.63, 3.8) is 0 Å². The summed E-state index contributed by atoms with van der Waals surface area (Å²) in [7, 11) is 0. The van der Waals surface area contributed by atoms with Crippen molar-refractivity contribution >= 4 is 11.7 Å². The molecule has 0 amide bonds. The minimum atomic E-state index is -1.73. The number of unbranched alkanes of at least 4 members (excludes halogenated alkanes) is 2. The molecule has 0 N–H and O–H groups in total. The molecule has 8 heteroatoms. The third kappa shape index (κ3) is 7.15. The zero-order valence-corrected chi connectivity index (χ0v) is 24.7. The Morgan fingerprint density at radius 1 is 0.600 bits per heavy atom. The summed E-state index contributed by atoms with van der Waals surface area (Å²) >= 11 is 0. The second kappa shape index (κ2) is 14.0. The molecule has 0 spiro atoms. The smallest absolute Gasteiger partial charge is 0.194 e. The molecule has 0 nitrogen and oxygen atoms in total. The second-order valence-corrected chi connectivity index (χ2v) is 11.7. The van der Waals surface area contributed by atoms with Gasteiger partial charge in [-0.3, -0.25) is 0 Å². The van der Waals surface area contributed by atoms with Gasteiger partial charge in [0.15, 0.2) is 29.1 Å². The Morgan fingerprint density at radius 2 is 1.22 bits per heavy atom. The molecule has 0 aromatic heterocycles. The summed E-state index contributed by atoms with van der Waals surface area (Å²) < 4.78 is 116. The van der Waals surface area contributed by atoms with Gasteiger partial charge < -0.3 is 0 Å². The monoisotopic (exact) mass is 628 g/mol. The van der Waals surface area contributed by atoms with Crippen molar-refractivity contribution in [2.75, 3.05) is 0 Å². The zero-order valence-electron chi connectivity index (χ0n) is 24.7. The highest BCUT2D eigenvalue weighted by atomic mass is 19.2. The predicted octanol–water partition coefficient (Wildman–Crippen LogP) is 12.5. The van der Waals surface area contributed by atoms with Crippen molar-refractivity contribution in [1.29, 1.82) is 0 Å². The first-order chi connectivity index (χ1) is 21.6. The lowest BCUT2D eigenvalue weighted by Crippen LogP contribution is -2.13. The highest BCUT2D eigenvalue weighted by Crippen LogP contribution is 2.40. The van der Waals surface area contributed by atoms with Crippen LogP contribution in [0, 0.1) is 40.8 Å². The van der Waals surface area contributed by atoms with Gasteiger partial charge in [0.1, 0.15) is 17.5 Å². The molecule has 0 saturated heterocycles. The minimum absolute atomic E-state index is 0.119. The van der Waals surface area contributed by atoms with E-state index in [4.69, 9.17) is 0 Å². The molecular formula is C37H32F8. The van der Waals surface area contributed by atoms with E-state index in [1.807, 2.05) is 6.07 Å². The molecule has 0 bridgehead atoms. The molecule has 4 aromatic carbocycles. The van der Waals surface area contributed by atoms with Crippen molar-refractivity contribution in [3.8, 4) is 22.3 Å². The highest BCUT2D eigenvalue weighted by Gasteiger charge is 2.24. The largest absolute Gasteiger partial charge is 0.206 e. The van der Waals surface area contributed by atoms with Gasteiger partial charge in [-0.05, 0) is 90.6 Å². The quantitative estimate of drug-likeness (QED) is 0.0749. The lowest BCUT2D eigenvalue weighted by molar-refractivity contribution is 0.302. The third-order valence-corrected chi connectivity index (χ3v) is 8.75. The van der Waals surface area contributed by atoms with Crippen LogP contribution in [0.15, 0.2) is 66.7 Å². The van der Waals surface area contributed by atoms with Crippen LogP contribution in [0.1, 0.15) is 80.9 Å². The molecule has 0 radical (unpaired) electrons. The number of hydrogen-bond donors (Lipinski definition) is 0. The number of hydrogen-bond acceptors (Lipinski definition) is 0. The van der Waals surface area contributed by atoms with Crippen LogP contribution in [-0.2, 0) is 0 Å².